The van der Waals surface area contributed by atoms with Gasteiger partial charge in [0.15, 0.2) is 6.61 Å². The number of ether oxygens (including phenoxy) is 1. The molecule has 1 aliphatic heterocycles. The molecule has 1 atom stereocenters. The molecule has 0 spiro atoms. The van der Waals surface area contributed by atoms with Gasteiger partial charge in [-0.2, -0.15) is 0 Å². The molecule has 1 aliphatic rings. The van der Waals surface area contributed by atoms with Crippen LogP contribution in [0.1, 0.15) is 28.8 Å². The van der Waals surface area contributed by atoms with E-state index in [1.807, 2.05) is 31.2 Å². The first-order valence-electron chi connectivity index (χ1n) is 11.2. The fourth-order valence-corrected chi connectivity index (χ4v) is 3.59. The molecule has 1 heterocycles. The highest BCUT2D eigenvalue weighted by Gasteiger charge is 2.27. The van der Waals surface area contributed by atoms with E-state index < -0.39 is 17.9 Å². The average Bonchev–Trinajstić information content (AvgIpc) is 2.86. The first-order chi connectivity index (χ1) is 16.3. The molecule has 0 aromatic heterocycles. The van der Waals surface area contributed by atoms with Crippen LogP contribution in [0.3, 0.4) is 0 Å². The second kappa shape index (κ2) is 11.8. The molecule has 2 N–H and O–H groups in total. The first kappa shape index (κ1) is 24.8. The van der Waals surface area contributed by atoms with Crippen LogP contribution in [0.5, 0.6) is 5.75 Å². The Morgan fingerprint density at radius 1 is 0.912 bits per heavy atom. The SMILES string of the molecule is Cc1ccc(OCC(=O)N2CCN(C(=O)CC[C@H](NC(=O)c3ccccc3)C(=O)O)CC2)cc1. The minimum absolute atomic E-state index is 0.0173. The van der Waals surface area contributed by atoms with Crippen LogP contribution in [0.4, 0.5) is 0 Å². The number of hydrogen-bond acceptors (Lipinski definition) is 5. The lowest BCUT2D eigenvalue weighted by Crippen LogP contribution is -2.52. The van der Waals surface area contributed by atoms with Gasteiger partial charge in [0, 0.05) is 38.2 Å². The number of carbonyl (C=O) groups is 4. The Balaban J connectivity index is 1.41. The van der Waals surface area contributed by atoms with Crippen LogP contribution in [0.15, 0.2) is 54.6 Å². The lowest BCUT2D eigenvalue weighted by atomic mass is 10.1. The van der Waals surface area contributed by atoms with Crippen molar-refractivity contribution in [1.82, 2.24) is 15.1 Å². The van der Waals surface area contributed by atoms with Crippen LogP contribution in [0.25, 0.3) is 0 Å². The monoisotopic (exact) mass is 467 g/mol. The topological polar surface area (TPSA) is 116 Å². The van der Waals surface area contributed by atoms with E-state index in [-0.39, 0.29) is 31.3 Å². The number of carbonyl (C=O) groups excluding carboxylic acids is 3. The Morgan fingerprint density at radius 2 is 1.50 bits per heavy atom. The quantitative estimate of drug-likeness (QED) is 0.580. The third-order valence-corrected chi connectivity index (χ3v) is 5.65. The molecule has 0 saturated carbocycles. The van der Waals surface area contributed by atoms with Gasteiger partial charge >= 0.3 is 5.97 Å². The van der Waals surface area contributed by atoms with Crippen molar-refractivity contribution in [1.29, 1.82) is 0 Å². The van der Waals surface area contributed by atoms with Gasteiger partial charge in [-0.25, -0.2) is 4.79 Å². The third-order valence-electron chi connectivity index (χ3n) is 5.65. The van der Waals surface area contributed by atoms with E-state index in [0.29, 0.717) is 37.5 Å². The lowest BCUT2D eigenvalue weighted by molar-refractivity contribution is -0.142. The molecule has 9 heteroatoms. The van der Waals surface area contributed by atoms with Gasteiger partial charge in [-0.1, -0.05) is 35.9 Å². The summed E-state index contributed by atoms with van der Waals surface area (Å²) in [5, 5.41) is 11.9. The summed E-state index contributed by atoms with van der Waals surface area (Å²) >= 11 is 0. The molecule has 1 saturated heterocycles. The van der Waals surface area contributed by atoms with Crippen LogP contribution >= 0.6 is 0 Å². The number of benzene rings is 2. The summed E-state index contributed by atoms with van der Waals surface area (Å²) in [6.45, 7) is 3.40. The molecule has 0 bridgehead atoms. The fraction of sp³-hybridized carbons (Fsp3) is 0.360. The summed E-state index contributed by atoms with van der Waals surface area (Å²) in [6, 6.07) is 14.6. The number of aryl methyl sites for hydroxylation is 1. The zero-order valence-corrected chi connectivity index (χ0v) is 19.1. The number of piperazine rings is 1. The van der Waals surface area contributed by atoms with Crippen molar-refractivity contribution in [3.8, 4) is 5.75 Å². The number of rotatable bonds is 9. The van der Waals surface area contributed by atoms with E-state index in [9.17, 15) is 24.3 Å². The van der Waals surface area contributed by atoms with E-state index in [2.05, 4.69) is 5.32 Å². The van der Waals surface area contributed by atoms with Gasteiger partial charge in [-0.15, -0.1) is 0 Å². The van der Waals surface area contributed by atoms with E-state index in [0.717, 1.165) is 5.56 Å². The number of hydrogen-bond donors (Lipinski definition) is 2. The molecule has 2 aromatic rings. The summed E-state index contributed by atoms with van der Waals surface area (Å²) in [5.74, 6) is -1.42. The van der Waals surface area contributed by atoms with Crippen molar-refractivity contribution < 1.29 is 29.0 Å². The van der Waals surface area contributed by atoms with E-state index in [1.54, 1.807) is 40.1 Å². The number of carboxylic acid groups (broad SMARTS) is 1. The molecule has 0 aliphatic carbocycles. The Bertz CT molecular complexity index is 1000. The number of carboxylic acids is 1. The molecule has 2 aromatic carbocycles. The Morgan fingerprint density at radius 3 is 2.09 bits per heavy atom. The molecule has 34 heavy (non-hydrogen) atoms. The normalized spacial score (nSPS) is 14.3. The number of nitrogens with zero attached hydrogens (tertiary/aromatic N) is 2. The molecular weight excluding hydrogens is 438 g/mol. The van der Waals surface area contributed by atoms with Crippen LogP contribution in [0.2, 0.25) is 0 Å². The molecule has 3 rings (SSSR count). The predicted octanol–water partition coefficient (Wildman–Crippen LogP) is 1.71. The second-order valence-electron chi connectivity index (χ2n) is 8.13. The zero-order chi connectivity index (χ0) is 24.5. The Hall–Kier alpha value is -3.88. The van der Waals surface area contributed by atoms with E-state index in [1.165, 1.54) is 0 Å². The van der Waals surface area contributed by atoms with Crippen LogP contribution < -0.4 is 10.1 Å². The van der Waals surface area contributed by atoms with Gasteiger partial charge in [-0.3, -0.25) is 14.4 Å². The molecule has 1 fully saturated rings. The highest BCUT2D eigenvalue weighted by atomic mass is 16.5. The van der Waals surface area contributed by atoms with Gasteiger partial charge in [0.25, 0.3) is 11.8 Å². The van der Waals surface area contributed by atoms with Crippen molar-refractivity contribution in [3.63, 3.8) is 0 Å². The van der Waals surface area contributed by atoms with Crippen molar-refractivity contribution >= 4 is 23.7 Å². The molecule has 9 nitrogen and oxygen atoms in total. The largest absolute Gasteiger partial charge is 0.484 e. The maximum absolute atomic E-state index is 12.6. The molecule has 3 amide bonds. The Labute approximate surface area is 198 Å². The fourth-order valence-electron chi connectivity index (χ4n) is 3.59. The summed E-state index contributed by atoms with van der Waals surface area (Å²) in [6.07, 6.45) is -0.0349. The molecular formula is C25H29N3O6. The van der Waals surface area contributed by atoms with Gasteiger partial charge in [0.05, 0.1) is 0 Å². The van der Waals surface area contributed by atoms with E-state index >= 15 is 0 Å². The van der Waals surface area contributed by atoms with Crippen LogP contribution in [-0.4, -0.2) is 77.4 Å². The van der Waals surface area contributed by atoms with Gasteiger partial charge in [-0.05, 0) is 37.6 Å². The van der Waals surface area contributed by atoms with E-state index in [4.69, 9.17) is 4.74 Å². The predicted molar refractivity (Wildman–Crippen MR) is 124 cm³/mol. The van der Waals surface area contributed by atoms with Crippen molar-refractivity contribution in [3.05, 3.63) is 65.7 Å². The summed E-state index contributed by atoms with van der Waals surface area (Å²) in [7, 11) is 0. The van der Waals surface area contributed by atoms with Crippen LogP contribution in [0, 0.1) is 6.92 Å². The minimum Gasteiger partial charge on any atom is -0.484 e. The maximum atomic E-state index is 12.6. The molecule has 180 valence electrons. The average molecular weight is 468 g/mol. The van der Waals surface area contributed by atoms with Gasteiger partial charge < -0.3 is 25.0 Å². The smallest absolute Gasteiger partial charge is 0.326 e. The van der Waals surface area contributed by atoms with Gasteiger partial charge in [0.1, 0.15) is 11.8 Å². The molecule has 0 unspecified atom stereocenters. The molecule has 0 radical (unpaired) electrons. The van der Waals surface area contributed by atoms with Crippen molar-refractivity contribution in [2.75, 3.05) is 32.8 Å². The summed E-state index contributed by atoms with van der Waals surface area (Å²) in [4.78, 5) is 52.1. The highest BCUT2D eigenvalue weighted by molar-refractivity contribution is 5.96. The first-order valence-corrected chi connectivity index (χ1v) is 11.2. The summed E-state index contributed by atoms with van der Waals surface area (Å²) < 4.78 is 5.54. The Kier molecular flexibility index (Phi) is 8.61. The number of aliphatic carboxylic acids is 1. The highest BCUT2D eigenvalue weighted by Crippen LogP contribution is 2.12. The minimum atomic E-state index is -1.19. The van der Waals surface area contributed by atoms with Crippen molar-refractivity contribution in [2.45, 2.75) is 25.8 Å². The number of nitrogens with one attached hydrogen (secondary N) is 1. The van der Waals surface area contributed by atoms with Crippen molar-refractivity contribution in [2.24, 2.45) is 0 Å². The third kappa shape index (κ3) is 7.06. The standard InChI is InChI=1S/C25H29N3O6/c1-18-7-9-20(10-8-18)34-17-23(30)28-15-13-27(14-16-28)22(29)12-11-21(25(32)33)26-24(31)19-5-3-2-4-6-19/h2-10,21H,11-17H2,1H3,(H,26,31)(H,32,33)/t21-/m0/s1. The zero-order valence-electron chi connectivity index (χ0n) is 19.1. The maximum Gasteiger partial charge on any atom is 0.326 e. The summed E-state index contributed by atoms with van der Waals surface area (Å²) in [5.41, 5.74) is 1.46. The van der Waals surface area contributed by atoms with Gasteiger partial charge in [0.2, 0.25) is 5.91 Å². The second-order valence-corrected chi connectivity index (χ2v) is 8.13. The number of amides is 3. The van der Waals surface area contributed by atoms with Crippen LogP contribution in [-0.2, 0) is 14.4 Å². The lowest BCUT2D eigenvalue weighted by Gasteiger charge is -2.35.